The number of carbonyl (C=O) groups is 2. The molecule has 1 aromatic carbocycles. The number of carboxylic acid groups (broad SMARTS) is 2. The van der Waals surface area contributed by atoms with Gasteiger partial charge < -0.3 is 10.2 Å². The summed E-state index contributed by atoms with van der Waals surface area (Å²) < 4.78 is 0. The molecule has 17 heavy (non-hydrogen) atoms. The molecule has 0 saturated heterocycles. The molecule has 5 heteroatoms. The van der Waals surface area contributed by atoms with E-state index in [0.717, 1.165) is 11.1 Å². The molecule has 0 saturated carbocycles. The van der Waals surface area contributed by atoms with Crippen LogP contribution in [0, 0.1) is 0 Å². The first-order valence-corrected chi connectivity index (χ1v) is 6.33. The lowest BCUT2D eigenvalue weighted by atomic mass is 10.1. The van der Waals surface area contributed by atoms with Crippen molar-refractivity contribution in [2.75, 3.05) is 5.75 Å². The smallest absolute Gasteiger partial charge is 0.307 e. The summed E-state index contributed by atoms with van der Waals surface area (Å²) >= 11 is 1.50. The molecule has 0 aliphatic carbocycles. The second-order valence-corrected chi connectivity index (χ2v) is 4.64. The van der Waals surface area contributed by atoms with Crippen LogP contribution in [0.3, 0.4) is 0 Å². The largest absolute Gasteiger partial charge is 0.481 e. The Morgan fingerprint density at radius 3 is 2.29 bits per heavy atom. The SMILES string of the molecule is O=C(O)CCSCc1ccccc1CC(=O)O. The van der Waals surface area contributed by atoms with E-state index in [9.17, 15) is 9.59 Å². The second kappa shape index (κ2) is 6.96. The Balaban J connectivity index is 2.51. The van der Waals surface area contributed by atoms with Gasteiger partial charge in [-0.2, -0.15) is 11.8 Å². The number of aliphatic carboxylic acids is 2. The van der Waals surface area contributed by atoms with Crippen LogP contribution in [0.4, 0.5) is 0 Å². The average molecular weight is 254 g/mol. The van der Waals surface area contributed by atoms with Crippen molar-refractivity contribution in [2.45, 2.75) is 18.6 Å². The molecule has 2 N–H and O–H groups in total. The van der Waals surface area contributed by atoms with Gasteiger partial charge in [0.15, 0.2) is 0 Å². The van der Waals surface area contributed by atoms with Crippen molar-refractivity contribution in [3.05, 3.63) is 35.4 Å². The minimum absolute atomic E-state index is 0.00959. The maximum absolute atomic E-state index is 10.7. The Morgan fingerprint density at radius 1 is 1.06 bits per heavy atom. The Bertz CT molecular complexity index is 403. The third-order valence-electron chi connectivity index (χ3n) is 2.18. The molecule has 0 radical (unpaired) electrons. The summed E-state index contributed by atoms with van der Waals surface area (Å²) in [4.78, 5) is 21.0. The summed E-state index contributed by atoms with van der Waals surface area (Å²) in [6, 6.07) is 7.34. The molecule has 0 aliphatic heterocycles. The minimum Gasteiger partial charge on any atom is -0.481 e. The molecule has 0 amide bonds. The van der Waals surface area contributed by atoms with Crippen molar-refractivity contribution < 1.29 is 19.8 Å². The van der Waals surface area contributed by atoms with Gasteiger partial charge in [0, 0.05) is 11.5 Å². The number of carboxylic acids is 2. The predicted molar refractivity (Wildman–Crippen MR) is 66.2 cm³/mol. The zero-order chi connectivity index (χ0) is 12.7. The molecular formula is C12H14O4S. The molecule has 0 bridgehead atoms. The van der Waals surface area contributed by atoms with Crippen LogP contribution in [-0.2, 0) is 21.8 Å². The molecule has 1 rings (SSSR count). The maximum atomic E-state index is 10.7. The fourth-order valence-electron chi connectivity index (χ4n) is 1.38. The van der Waals surface area contributed by atoms with Crippen LogP contribution in [-0.4, -0.2) is 27.9 Å². The van der Waals surface area contributed by atoms with E-state index in [2.05, 4.69) is 0 Å². The van der Waals surface area contributed by atoms with Gasteiger partial charge in [-0.1, -0.05) is 24.3 Å². The summed E-state index contributed by atoms with van der Waals surface area (Å²) in [7, 11) is 0. The van der Waals surface area contributed by atoms with Crippen LogP contribution in [0.1, 0.15) is 17.5 Å². The monoisotopic (exact) mass is 254 g/mol. The number of hydrogen-bond donors (Lipinski definition) is 2. The summed E-state index contributed by atoms with van der Waals surface area (Å²) in [5.74, 6) is -0.475. The highest BCUT2D eigenvalue weighted by molar-refractivity contribution is 7.98. The minimum atomic E-state index is -0.854. The first-order valence-electron chi connectivity index (χ1n) is 5.17. The van der Waals surface area contributed by atoms with Crippen molar-refractivity contribution in [1.82, 2.24) is 0 Å². The highest BCUT2D eigenvalue weighted by atomic mass is 32.2. The van der Waals surface area contributed by atoms with Crippen LogP contribution in [0.15, 0.2) is 24.3 Å². The quantitative estimate of drug-likeness (QED) is 0.728. The van der Waals surface area contributed by atoms with Gasteiger partial charge in [0.2, 0.25) is 0 Å². The molecule has 4 nitrogen and oxygen atoms in total. The molecule has 0 fully saturated rings. The summed E-state index contributed by atoms with van der Waals surface area (Å²) in [6.07, 6.45) is 0.140. The van der Waals surface area contributed by atoms with Gasteiger partial charge >= 0.3 is 11.9 Å². The normalized spacial score (nSPS) is 10.1. The predicted octanol–water partition coefficient (Wildman–Crippen LogP) is 2.02. The number of rotatable bonds is 7. The van der Waals surface area contributed by atoms with Crippen LogP contribution < -0.4 is 0 Å². The van der Waals surface area contributed by atoms with Crippen molar-refractivity contribution in [1.29, 1.82) is 0 Å². The molecule has 1 aromatic rings. The lowest BCUT2D eigenvalue weighted by Crippen LogP contribution is -2.03. The molecule has 0 atom stereocenters. The zero-order valence-corrected chi connectivity index (χ0v) is 10.1. The van der Waals surface area contributed by atoms with Gasteiger partial charge in [-0.3, -0.25) is 9.59 Å². The summed E-state index contributed by atoms with van der Waals surface area (Å²) in [6.45, 7) is 0. The van der Waals surface area contributed by atoms with Gasteiger partial charge in [-0.05, 0) is 11.1 Å². The van der Waals surface area contributed by atoms with E-state index in [1.54, 1.807) is 6.07 Å². The Labute approximate surface area is 104 Å². The fourth-order valence-corrected chi connectivity index (χ4v) is 2.34. The standard InChI is InChI=1S/C12H14O4S/c13-11(14)5-6-17-8-10-4-2-1-3-9(10)7-12(15)16/h1-4H,5-8H2,(H,13,14)(H,15,16). The molecule has 0 heterocycles. The first kappa shape index (κ1) is 13.6. The number of thioether (sulfide) groups is 1. The van der Waals surface area contributed by atoms with Crippen LogP contribution in [0.5, 0.6) is 0 Å². The van der Waals surface area contributed by atoms with E-state index in [0.29, 0.717) is 11.5 Å². The first-order chi connectivity index (χ1) is 8.09. The van der Waals surface area contributed by atoms with E-state index >= 15 is 0 Å². The molecule has 0 unspecified atom stereocenters. The number of hydrogen-bond acceptors (Lipinski definition) is 3. The summed E-state index contributed by atoms with van der Waals surface area (Å²) in [5, 5.41) is 17.2. The third kappa shape index (κ3) is 5.40. The van der Waals surface area contributed by atoms with Crippen LogP contribution in [0.25, 0.3) is 0 Å². The van der Waals surface area contributed by atoms with Gasteiger partial charge in [0.1, 0.15) is 0 Å². The lowest BCUT2D eigenvalue weighted by molar-refractivity contribution is -0.137. The molecule has 92 valence electrons. The molecular weight excluding hydrogens is 240 g/mol. The van der Waals surface area contributed by atoms with Gasteiger partial charge in [0.25, 0.3) is 0 Å². The van der Waals surface area contributed by atoms with Gasteiger partial charge in [-0.15, -0.1) is 0 Å². The Kier molecular flexibility index (Phi) is 5.56. The average Bonchev–Trinajstić information content (AvgIpc) is 2.25. The van der Waals surface area contributed by atoms with E-state index in [1.807, 2.05) is 18.2 Å². The molecule has 0 spiro atoms. The van der Waals surface area contributed by atoms with Crippen molar-refractivity contribution >= 4 is 23.7 Å². The van der Waals surface area contributed by atoms with E-state index in [-0.39, 0.29) is 12.8 Å². The van der Waals surface area contributed by atoms with Crippen molar-refractivity contribution in [3.8, 4) is 0 Å². The fraction of sp³-hybridized carbons (Fsp3) is 0.333. The van der Waals surface area contributed by atoms with E-state index in [4.69, 9.17) is 10.2 Å². The molecule has 0 aromatic heterocycles. The third-order valence-corrected chi connectivity index (χ3v) is 3.19. The second-order valence-electron chi connectivity index (χ2n) is 3.54. The zero-order valence-electron chi connectivity index (χ0n) is 9.26. The van der Waals surface area contributed by atoms with Gasteiger partial charge in [-0.25, -0.2) is 0 Å². The Morgan fingerprint density at radius 2 is 1.71 bits per heavy atom. The van der Waals surface area contributed by atoms with Gasteiger partial charge in [0.05, 0.1) is 12.8 Å². The van der Waals surface area contributed by atoms with Crippen molar-refractivity contribution in [2.24, 2.45) is 0 Å². The van der Waals surface area contributed by atoms with Crippen molar-refractivity contribution in [3.63, 3.8) is 0 Å². The van der Waals surface area contributed by atoms with Crippen LogP contribution in [0.2, 0.25) is 0 Å². The summed E-state index contributed by atoms with van der Waals surface area (Å²) in [5.41, 5.74) is 1.76. The Hall–Kier alpha value is -1.49. The van der Waals surface area contributed by atoms with E-state index < -0.39 is 11.9 Å². The lowest BCUT2D eigenvalue weighted by Gasteiger charge is -2.06. The van der Waals surface area contributed by atoms with Crippen LogP contribution >= 0.6 is 11.8 Å². The molecule has 0 aliphatic rings. The number of benzene rings is 1. The maximum Gasteiger partial charge on any atom is 0.307 e. The highest BCUT2D eigenvalue weighted by Gasteiger charge is 2.06. The topological polar surface area (TPSA) is 74.6 Å². The van der Waals surface area contributed by atoms with E-state index in [1.165, 1.54) is 11.8 Å². The highest BCUT2D eigenvalue weighted by Crippen LogP contribution is 2.17.